The Morgan fingerprint density at radius 3 is 2.80 bits per heavy atom. The molecule has 2 aromatic heterocycles. The molecule has 0 saturated heterocycles. The van der Waals surface area contributed by atoms with Gasteiger partial charge >= 0.3 is 5.97 Å². The van der Waals surface area contributed by atoms with Crippen LogP contribution in [-0.2, 0) is 17.8 Å². The van der Waals surface area contributed by atoms with Gasteiger partial charge in [0.25, 0.3) is 0 Å². The third-order valence-corrected chi connectivity index (χ3v) is 6.51. The summed E-state index contributed by atoms with van der Waals surface area (Å²) < 4.78 is 7.00. The van der Waals surface area contributed by atoms with Crippen molar-refractivity contribution in [2.45, 2.75) is 46.1 Å². The van der Waals surface area contributed by atoms with E-state index < -0.39 is 11.9 Å². The molecule has 0 radical (unpaired) electrons. The fourth-order valence-corrected chi connectivity index (χ4v) is 4.80. The Morgan fingerprint density at radius 1 is 1.36 bits per heavy atom. The van der Waals surface area contributed by atoms with Crippen LogP contribution in [0.1, 0.15) is 47.3 Å². The molecule has 0 bridgehead atoms. The van der Waals surface area contributed by atoms with Crippen LogP contribution in [0.4, 0.5) is 0 Å². The van der Waals surface area contributed by atoms with Crippen molar-refractivity contribution in [3.8, 4) is 5.75 Å². The van der Waals surface area contributed by atoms with Crippen molar-refractivity contribution in [3.05, 3.63) is 44.7 Å². The number of rotatable bonds is 7. The standard InChI is InChI=1S/C19H21NO3S2/c1-4-13(19(21)22)15-10-24-16-8-12(6-7-14(15)16)23-9-17-11(3)20-18(5-2)25-17/h6-8,10,13H,4-5,9H2,1-3H3,(H,21,22). The zero-order valence-electron chi connectivity index (χ0n) is 14.5. The second-order valence-electron chi connectivity index (χ2n) is 5.91. The predicted molar refractivity (Wildman–Crippen MR) is 103 cm³/mol. The number of thiophene rings is 1. The Labute approximate surface area is 155 Å². The Kier molecular flexibility index (Phi) is 5.39. The second kappa shape index (κ2) is 7.54. The van der Waals surface area contributed by atoms with Crippen molar-refractivity contribution < 1.29 is 14.6 Å². The van der Waals surface area contributed by atoms with Crippen LogP contribution >= 0.6 is 22.7 Å². The molecule has 4 nitrogen and oxygen atoms in total. The van der Waals surface area contributed by atoms with Crippen molar-refractivity contribution in [2.75, 3.05) is 0 Å². The molecule has 3 rings (SSSR count). The van der Waals surface area contributed by atoms with E-state index in [9.17, 15) is 9.90 Å². The molecule has 1 aromatic carbocycles. The number of thiazole rings is 1. The van der Waals surface area contributed by atoms with Crippen molar-refractivity contribution in [1.82, 2.24) is 4.98 Å². The minimum atomic E-state index is -0.769. The van der Waals surface area contributed by atoms with E-state index in [2.05, 4.69) is 11.9 Å². The highest BCUT2D eigenvalue weighted by molar-refractivity contribution is 7.17. The molecule has 1 N–H and O–H groups in total. The molecule has 0 aliphatic heterocycles. The van der Waals surface area contributed by atoms with Gasteiger partial charge in [-0.3, -0.25) is 4.79 Å². The molecule has 0 fully saturated rings. The molecular weight excluding hydrogens is 354 g/mol. The van der Waals surface area contributed by atoms with E-state index in [1.54, 1.807) is 22.7 Å². The summed E-state index contributed by atoms with van der Waals surface area (Å²) in [4.78, 5) is 17.1. The molecule has 1 atom stereocenters. The molecule has 2 heterocycles. The number of carbonyl (C=O) groups is 1. The Morgan fingerprint density at radius 2 is 2.16 bits per heavy atom. The third-order valence-electron chi connectivity index (χ3n) is 4.27. The van der Waals surface area contributed by atoms with Gasteiger partial charge in [0.05, 0.1) is 21.5 Å². The summed E-state index contributed by atoms with van der Waals surface area (Å²) in [6.07, 6.45) is 1.53. The number of fused-ring (bicyclic) bond motifs is 1. The minimum absolute atomic E-state index is 0.451. The number of aliphatic carboxylic acids is 1. The first-order valence-corrected chi connectivity index (χ1v) is 10.0. The number of aromatic nitrogens is 1. The van der Waals surface area contributed by atoms with Crippen molar-refractivity contribution in [3.63, 3.8) is 0 Å². The average Bonchev–Trinajstić information content (AvgIpc) is 3.17. The van der Waals surface area contributed by atoms with E-state index in [4.69, 9.17) is 4.74 Å². The summed E-state index contributed by atoms with van der Waals surface area (Å²) in [5, 5.41) is 13.5. The number of ether oxygens (including phenoxy) is 1. The lowest BCUT2D eigenvalue weighted by Crippen LogP contribution is -2.09. The zero-order chi connectivity index (χ0) is 18.0. The van der Waals surface area contributed by atoms with Gasteiger partial charge in [-0.25, -0.2) is 4.98 Å². The summed E-state index contributed by atoms with van der Waals surface area (Å²) in [5.74, 6) is -0.419. The Balaban J connectivity index is 1.80. The number of nitrogens with zero attached hydrogens (tertiary/aromatic N) is 1. The molecule has 132 valence electrons. The van der Waals surface area contributed by atoms with E-state index in [1.807, 2.05) is 37.4 Å². The number of carboxylic acids is 1. The van der Waals surface area contributed by atoms with Gasteiger partial charge in [0.15, 0.2) is 0 Å². The summed E-state index contributed by atoms with van der Waals surface area (Å²) in [5.41, 5.74) is 1.93. The number of benzene rings is 1. The monoisotopic (exact) mass is 375 g/mol. The second-order valence-corrected chi connectivity index (χ2v) is 7.99. The van der Waals surface area contributed by atoms with Gasteiger partial charge in [0.1, 0.15) is 12.4 Å². The Bertz CT molecular complexity index is 897. The van der Waals surface area contributed by atoms with Crippen LogP contribution in [0.2, 0.25) is 0 Å². The highest BCUT2D eigenvalue weighted by atomic mass is 32.1. The van der Waals surface area contributed by atoms with Crippen LogP contribution < -0.4 is 4.74 Å². The zero-order valence-corrected chi connectivity index (χ0v) is 16.2. The largest absolute Gasteiger partial charge is 0.488 e. The lowest BCUT2D eigenvalue weighted by atomic mass is 9.96. The van der Waals surface area contributed by atoms with E-state index in [0.29, 0.717) is 13.0 Å². The predicted octanol–water partition coefficient (Wildman–Crippen LogP) is 5.39. The summed E-state index contributed by atoms with van der Waals surface area (Å²) >= 11 is 3.27. The van der Waals surface area contributed by atoms with Crippen molar-refractivity contribution >= 4 is 38.7 Å². The van der Waals surface area contributed by atoms with Crippen molar-refractivity contribution in [2.24, 2.45) is 0 Å². The molecule has 25 heavy (non-hydrogen) atoms. The molecule has 1 unspecified atom stereocenters. The maximum absolute atomic E-state index is 11.4. The lowest BCUT2D eigenvalue weighted by Gasteiger charge is -2.09. The molecule has 6 heteroatoms. The van der Waals surface area contributed by atoms with Gasteiger partial charge in [-0.15, -0.1) is 22.7 Å². The number of carboxylic acid groups (broad SMARTS) is 1. The lowest BCUT2D eigenvalue weighted by molar-refractivity contribution is -0.138. The highest BCUT2D eigenvalue weighted by Crippen LogP contribution is 2.35. The first-order valence-electron chi connectivity index (χ1n) is 8.35. The molecule has 0 spiro atoms. The molecule has 3 aromatic rings. The maximum atomic E-state index is 11.4. The fraction of sp³-hybridized carbons (Fsp3) is 0.368. The number of aryl methyl sites for hydroxylation is 2. The third kappa shape index (κ3) is 3.70. The normalized spacial score (nSPS) is 12.4. The quantitative estimate of drug-likeness (QED) is 0.602. The van der Waals surface area contributed by atoms with Gasteiger partial charge in [-0.2, -0.15) is 0 Å². The van der Waals surface area contributed by atoms with Gasteiger partial charge in [0.2, 0.25) is 0 Å². The van der Waals surface area contributed by atoms with Gasteiger partial charge < -0.3 is 9.84 Å². The van der Waals surface area contributed by atoms with Crippen LogP contribution in [0.3, 0.4) is 0 Å². The van der Waals surface area contributed by atoms with Crippen LogP contribution in [-0.4, -0.2) is 16.1 Å². The number of hydrogen-bond acceptors (Lipinski definition) is 5. The Hall–Kier alpha value is -1.92. The van der Waals surface area contributed by atoms with Gasteiger partial charge in [0, 0.05) is 4.70 Å². The topological polar surface area (TPSA) is 59.4 Å². The van der Waals surface area contributed by atoms with Crippen LogP contribution in [0.15, 0.2) is 23.6 Å². The van der Waals surface area contributed by atoms with Gasteiger partial charge in [-0.1, -0.05) is 13.8 Å². The maximum Gasteiger partial charge on any atom is 0.311 e. The summed E-state index contributed by atoms with van der Waals surface area (Å²) in [6, 6.07) is 5.89. The van der Waals surface area contributed by atoms with Crippen molar-refractivity contribution in [1.29, 1.82) is 0 Å². The smallest absolute Gasteiger partial charge is 0.311 e. The minimum Gasteiger partial charge on any atom is -0.488 e. The molecule has 0 aliphatic carbocycles. The van der Waals surface area contributed by atoms with E-state index in [1.165, 1.54) is 0 Å². The SMILES string of the molecule is CCc1nc(C)c(COc2ccc3c(C(CC)C(=O)O)csc3c2)s1. The van der Waals surface area contributed by atoms with Crippen LogP contribution in [0, 0.1) is 6.92 Å². The summed E-state index contributed by atoms with van der Waals surface area (Å²) in [6.45, 7) is 6.54. The molecular formula is C19H21NO3S2. The first-order chi connectivity index (χ1) is 12.0. The highest BCUT2D eigenvalue weighted by Gasteiger charge is 2.21. The first kappa shape index (κ1) is 17.9. The average molecular weight is 376 g/mol. The van der Waals surface area contributed by atoms with Crippen LogP contribution in [0.5, 0.6) is 5.75 Å². The molecule has 0 amide bonds. The van der Waals surface area contributed by atoms with E-state index in [0.717, 1.165) is 43.4 Å². The fourth-order valence-electron chi connectivity index (χ4n) is 2.84. The number of hydrogen-bond donors (Lipinski definition) is 1. The van der Waals surface area contributed by atoms with Crippen LogP contribution in [0.25, 0.3) is 10.1 Å². The van der Waals surface area contributed by atoms with Gasteiger partial charge in [-0.05, 0) is 54.3 Å². The van der Waals surface area contributed by atoms with E-state index in [-0.39, 0.29) is 0 Å². The molecule has 0 aliphatic rings. The molecule has 0 saturated carbocycles. The van der Waals surface area contributed by atoms with E-state index >= 15 is 0 Å². The summed E-state index contributed by atoms with van der Waals surface area (Å²) in [7, 11) is 0.